The minimum atomic E-state index is -0.591. The van der Waals surface area contributed by atoms with Crippen LogP contribution in [-0.4, -0.2) is 23.3 Å². The summed E-state index contributed by atoms with van der Waals surface area (Å²) >= 11 is 0. The lowest BCUT2D eigenvalue weighted by molar-refractivity contribution is -0.217. The van der Waals surface area contributed by atoms with Gasteiger partial charge in [0.25, 0.3) is 0 Å². The number of benzene rings is 1. The lowest BCUT2D eigenvalue weighted by Crippen LogP contribution is -2.64. The quantitative estimate of drug-likeness (QED) is 0.871. The van der Waals surface area contributed by atoms with Gasteiger partial charge in [0.2, 0.25) is 0 Å². The minimum absolute atomic E-state index is 0.104. The van der Waals surface area contributed by atoms with Crippen LogP contribution in [0.25, 0.3) is 0 Å². The van der Waals surface area contributed by atoms with E-state index < -0.39 is 5.60 Å². The normalized spacial score (nSPS) is 40.9. The van der Waals surface area contributed by atoms with Crippen molar-refractivity contribution >= 4 is 5.97 Å². The molecule has 1 N–H and O–H groups in total. The molecule has 3 fully saturated rings. The number of fused-ring (bicyclic) bond motifs is 1. The van der Waals surface area contributed by atoms with Crippen molar-refractivity contribution in [3.63, 3.8) is 0 Å². The summed E-state index contributed by atoms with van der Waals surface area (Å²) in [6.07, 6.45) is 3.13. The van der Waals surface area contributed by atoms with E-state index in [1.807, 2.05) is 18.2 Å². The SMILES string of the molecule is CC1(C)C2CCC3(O)C(COC(=O)c4ccccc4)C1C3C2. The molecule has 0 aromatic heterocycles. The molecule has 3 aliphatic rings. The van der Waals surface area contributed by atoms with Crippen molar-refractivity contribution in [1.29, 1.82) is 0 Å². The van der Waals surface area contributed by atoms with Gasteiger partial charge in [0.15, 0.2) is 0 Å². The van der Waals surface area contributed by atoms with E-state index in [0.717, 1.165) is 25.2 Å². The molecule has 4 rings (SSSR count). The highest BCUT2D eigenvalue weighted by Gasteiger charge is 2.72. The summed E-state index contributed by atoms with van der Waals surface area (Å²) in [7, 11) is 0. The van der Waals surface area contributed by atoms with Crippen LogP contribution in [0.5, 0.6) is 0 Å². The number of hydrogen-bond acceptors (Lipinski definition) is 3. The van der Waals surface area contributed by atoms with E-state index in [9.17, 15) is 9.90 Å². The van der Waals surface area contributed by atoms with Crippen molar-refractivity contribution < 1.29 is 14.6 Å². The Labute approximate surface area is 131 Å². The largest absolute Gasteiger partial charge is 0.462 e. The third-order valence-corrected chi connectivity index (χ3v) is 6.90. The Kier molecular flexibility index (Phi) is 2.96. The van der Waals surface area contributed by atoms with Crippen molar-refractivity contribution in [2.75, 3.05) is 6.61 Å². The molecule has 1 aromatic rings. The van der Waals surface area contributed by atoms with Crippen LogP contribution >= 0.6 is 0 Å². The van der Waals surface area contributed by atoms with Crippen LogP contribution < -0.4 is 0 Å². The van der Waals surface area contributed by atoms with Gasteiger partial charge in [-0.1, -0.05) is 32.0 Å². The minimum Gasteiger partial charge on any atom is -0.462 e. The number of carbonyl (C=O) groups is 1. The Bertz CT molecular complexity index is 594. The molecule has 0 heterocycles. The third-order valence-electron chi connectivity index (χ3n) is 6.90. The first-order valence-electron chi connectivity index (χ1n) is 8.39. The van der Waals surface area contributed by atoms with Crippen LogP contribution in [0.2, 0.25) is 0 Å². The average Bonchev–Trinajstić information content (AvgIpc) is 2.65. The molecule has 3 saturated carbocycles. The number of carbonyl (C=O) groups excluding carboxylic acids is 1. The summed E-state index contributed by atoms with van der Waals surface area (Å²) in [5, 5.41) is 11.0. The highest BCUT2D eigenvalue weighted by atomic mass is 16.5. The number of rotatable bonds is 3. The molecule has 1 aromatic carbocycles. The number of ether oxygens (including phenoxy) is 1. The molecule has 0 radical (unpaired) electrons. The molecule has 0 aliphatic heterocycles. The monoisotopic (exact) mass is 300 g/mol. The Morgan fingerprint density at radius 2 is 2.05 bits per heavy atom. The van der Waals surface area contributed by atoms with Gasteiger partial charge in [0.05, 0.1) is 17.8 Å². The second kappa shape index (κ2) is 4.58. The molecule has 118 valence electrons. The topological polar surface area (TPSA) is 46.5 Å². The van der Waals surface area contributed by atoms with E-state index in [1.54, 1.807) is 12.1 Å². The Morgan fingerprint density at radius 1 is 1.32 bits per heavy atom. The summed E-state index contributed by atoms with van der Waals surface area (Å²) in [4.78, 5) is 12.1. The number of esters is 1. The van der Waals surface area contributed by atoms with Crippen molar-refractivity contribution in [1.82, 2.24) is 0 Å². The van der Waals surface area contributed by atoms with E-state index in [1.165, 1.54) is 0 Å². The van der Waals surface area contributed by atoms with Crippen LogP contribution in [0.15, 0.2) is 30.3 Å². The second-order valence-corrected chi connectivity index (χ2v) is 7.99. The smallest absolute Gasteiger partial charge is 0.338 e. The van der Waals surface area contributed by atoms with E-state index in [-0.39, 0.29) is 17.3 Å². The van der Waals surface area contributed by atoms with Crippen molar-refractivity contribution in [3.8, 4) is 0 Å². The number of aliphatic hydroxyl groups is 1. The van der Waals surface area contributed by atoms with Crippen LogP contribution in [0, 0.1) is 29.1 Å². The van der Waals surface area contributed by atoms with E-state index >= 15 is 0 Å². The fraction of sp³-hybridized carbons (Fsp3) is 0.632. The maximum absolute atomic E-state index is 12.1. The average molecular weight is 300 g/mol. The standard InChI is InChI=1S/C19H24O3/c1-18(2)13-8-9-19(21)14(10-13)16(18)15(19)11-22-17(20)12-6-4-3-5-7-12/h3-7,13-16,21H,8-11H2,1-2H3. The fourth-order valence-electron chi connectivity index (χ4n) is 5.67. The van der Waals surface area contributed by atoms with Crippen molar-refractivity contribution in [2.45, 2.75) is 38.7 Å². The van der Waals surface area contributed by atoms with Crippen LogP contribution in [-0.2, 0) is 4.74 Å². The molecular formula is C19H24O3. The molecule has 3 heteroatoms. The molecular weight excluding hydrogens is 276 g/mol. The molecule has 0 saturated heterocycles. The predicted molar refractivity (Wildman–Crippen MR) is 83.3 cm³/mol. The van der Waals surface area contributed by atoms with Gasteiger partial charge in [-0.15, -0.1) is 0 Å². The lowest BCUT2D eigenvalue weighted by Gasteiger charge is -2.58. The Morgan fingerprint density at radius 3 is 2.77 bits per heavy atom. The molecule has 5 atom stereocenters. The van der Waals surface area contributed by atoms with Gasteiger partial charge in [0, 0.05) is 5.92 Å². The maximum atomic E-state index is 12.1. The zero-order valence-corrected chi connectivity index (χ0v) is 13.3. The van der Waals surface area contributed by atoms with E-state index in [0.29, 0.717) is 24.0 Å². The molecule has 22 heavy (non-hydrogen) atoms. The van der Waals surface area contributed by atoms with Gasteiger partial charge in [-0.05, 0) is 54.6 Å². The lowest BCUT2D eigenvalue weighted by atomic mass is 9.50. The summed E-state index contributed by atoms with van der Waals surface area (Å²) in [6.45, 7) is 5.01. The first-order chi connectivity index (χ1) is 10.4. The zero-order valence-electron chi connectivity index (χ0n) is 13.3. The second-order valence-electron chi connectivity index (χ2n) is 7.99. The Balaban J connectivity index is 1.49. The van der Waals surface area contributed by atoms with Gasteiger partial charge >= 0.3 is 5.97 Å². The summed E-state index contributed by atoms with van der Waals surface area (Å²) < 4.78 is 5.55. The fourth-order valence-corrected chi connectivity index (χ4v) is 5.67. The van der Waals surface area contributed by atoms with Gasteiger partial charge < -0.3 is 9.84 Å². The van der Waals surface area contributed by atoms with Crippen molar-refractivity contribution in [2.24, 2.45) is 29.1 Å². The predicted octanol–water partition coefficient (Wildman–Crippen LogP) is 3.28. The Hall–Kier alpha value is -1.35. The molecule has 3 nitrogen and oxygen atoms in total. The molecule has 2 bridgehead atoms. The third kappa shape index (κ3) is 1.75. The zero-order chi connectivity index (χ0) is 15.5. The molecule has 0 spiro atoms. The van der Waals surface area contributed by atoms with Crippen molar-refractivity contribution in [3.05, 3.63) is 35.9 Å². The number of hydrogen-bond donors (Lipinski definition) is 1. The van der Waals surface area contributed by atoms with Gasteiger partial charge in [-0.25, -0.2) is 4.79 Å². The van der Waals surface area contributed by atoms with Gasteiger partial charge in [0.1, 0.15) is 0 Å². The van der Waals surface area contributed by atoms with E-state index in [4.69, 9.17) is 4.74 Å². The first kappa shape index (κ1) is 14.3. The van der Waals surface area contributed by atoms with Crippen LogP contribution in [0.1, 0.15) is 43.5 Å². The van der Waals surface area contributed by atoms with Gasteiger partial charge in [-0.2, -0.15) is 0 Å². The molecule has 3 aliphatic carbocycles. The summed E-state index contributed by atoms with van der Waals surface area (Å²) in [5.74, 6) is 1.46. The molecule has 0 amide bonds. The highest BCUT2D eigenvalue weighted by molar-refractivity contribution is 5.89. The van der Waals surface area contributed by atoms with Crippen LogP contribution in [0.4, 0.5) is 0 Å². The first-order valence-corrected chi connectivity index (χ1v) is 8.39. The maximum Gasteiger partial charge on any atom is 0.338 e. The molecule has 5 unspecified atom stereocenters. The van der Waals surface area contributed by atoms with E-state index in [2.05, 4.69) is 13.8 Å². The summed E-state index contributed by atoms with van der Waals surface area (Å²) in [5.41, 5.74) is 0.253. The van der Waals surface area contributed by atoms with Gasteiger partial charge in [-0.3, -0.25) is 0 Å². The highest BCUT2D eigenvalue weighted by Crippen LogP contribution is 2.72. The summed E-state index contributed by atoms with van der Waals surface area (Å²) in [6, 6.07) is 9.10. The van der Waals surface area contributed by atoms with Crippen LogP contribution in [0.3, 0.4) is 0 Å².